The summed E-state index contributed by atoms with van der Waals surface area (Å²) in [5.41, 5.74) is 1.73. The largest absolute Gasteiger partial charge is 0.374 e. The van der Waals surface area contributed by atoms with E-state index >= 15 is 0 Å². The van der Waals surface area contributed by atoms with Crippen LogP contribution in [0.3, 0.4) is 0 Å². The van der Waals surface area contributed by atoms with Gasteiger partial charge in [-0.2, -0.15) is 5.26 Å². The number of ether oxygens (including phenoxy) is 1. The van der Waals surface area contributed by atoms with Crippen molar-refractivity contribution < 1.29 is 4.74 Å². The van der Waals surface area contributed by atoms with Gasteiger partial charge in [0.15, 0.2) is 0 Å². The highest BCUT2D eigenvalue weighted by Crippen LogP contribution is 2.06. The molecule has 0 atom stereocenters. The van der Waals surface area contributed by atoms with E-state index in [0.29, 0.717) is 12.2 Å². The molecule has 0 fully saturated rings. The monoisotopic (exact) mass is 175 g/mol. The van der Waals surface area contributed by atoms with Gasteiger partial charge in [-0.1, -0.05) is 12.1 Å². The van der Waals surface area contributed by atoms with Gasteiger partial charge in [0.1, 0.15) is 0 Å². The molecule has 68 valence electrons. The van der Waals surface area contributed by atoms with E-state index in [0.717, 1.165) is 5.56 Å². The molecule has 0 spiro atoms. The van der Waals surface area contributed by atoms with Crippen LogP contribution in [0, 0.1) is 11.3 Å². The topological polar surface area (TPSA) is 33.0 Å². The Morgan fingerprint density at radius 2 is 2.23 bits per heavy atom. The van der Waals surface area contributed by atoms with E-state index in [1.807, 2.05) is 32.0 Å². The molecule has 0 bridgehead atoms. The Balaban J connectivity index is 2.63. The first kappa shape index (κ1) is 9.76. The molecule has 0 aliphatic carbocycles. The summed E-state index contributed by atoms with van der Waals surface area (Å²) < 4.78 is 5.42. The Bertz CT molecular complexity index is 312. The van der Waals surface area contributed by atoms with Gasteiger partial charge in [0.05, 0.1) is 24.3 Å². The second-order valence-electron chi connectivity index (χ2n) is 3.17. The fraction of sp³-hybridized carbons (Fsp3) is 0.364. The van der Waals surface area contributed by atoms with Crippen LogP contribution in [0.2, 0.25) is 0 Å². The average Bonchev–Trinajstić information content (AvgIpc) is 2.15. The summed E-state index contributed by atoms with van der Waals surface area (Å²) in [5, 5.41) is 8.65. The number of nitriles is 1. The van der Waals surface area contributed by atoms with Crippen LogP contribution < -0.4 is 0 Å². The maximum Gasteiger partial charge on any atom is 0.0991 e. The van der Waals surface area contributed by atoms with E-state index in [1.54, 1.807) is 6.07 Å². The third-order valence-electron chi connectivity index (χ3n) is 1.64. The minimum atomic E-state index is 0.228. The molecule has 0 saturated heterocycles. The molecule has 0 aliphatic heterocycles. The highest BCUT2D eigenvalue weighted by molar-refractivity contribution is 5.32. The second-order valence-corrected chi connectivity index (χ2v) is 3.17. The first-order chi connectivity index (χ1) is 6.22. The number of nitrogens with zero attached hydrogens (tertiary/aromatic N) is 1. The van der Waals surface area contributed by atoms with Crippen LogP contribution in [-0.4, -0.2) is 6.10 Å². The van der Waals surface area contributed by atoms with E-state index in [-0.39, 0.29) is 6.10 Å². The van der Waals surface area contributed by atoms with Gasteiger partial charge in [0, 0.05) is 0 Å². The van der Waals surface area contributed by atoms with E-state index in [2.05, 4.69) is 6.07 Å². The van der Waals surface area contributed by atoms with Gasteiger partial charge in [-0.15, -0.1) is 0 Å². The van der Waals surface area contributed by atoms with Crippen molar-refractivity contribution in [3.8, 4) is 6.07 Å². The lowest BCUT2D eigenvalue weighted by Gasteiger charge is -2.06. The van der Waals surface area contributed by atoms with Gasteiger partial charge >= 0.3 is 0 Å². The zero-order chi connectivity index (χ0) is 9.68. The Morgan fingerprint density at radius 1 is 1.46 bits per heavy atom. The molecule has 1 rings (SSSR count). The summed E-state index contributed by atoms with van der Waals surface area (Å²) in [5.74, 6) is 0. The van der Waals surface area contributed by atoms with Crippen molar-refractivity contribution in [1.82, 2.24) is 0 Å². The third kappa shape index (κ3) is 3.27. The van der Waals surface area contributed by atoms with Crippen LogP contribution in [-0.2, 0) is 11.3 Å². The number of hydrogen-bond donors (Lipinski definition) is 0. The fourth-order valence-corrected chi connectivity index (χ4v) is 0.994. The van der Waals surface area contributed by atoms with E-state index in [4.69, 9.17) is 10.00 Å². The predicted molar refractivity (Wildman–Crippen MR) is 51.1 cm³/mol. The zero-order valence-corrected chi connectivity index (χ0v) is 7.95. The van der Waals surface area contributed by atoms with Crippen molar-refractivity contribution in [2.45, 2.75) is 26.6 Å². The lowest BCUT2D eigenvalue weighted by atomic mass is 10.1. The molecule has 0 aromatic heterocycles. The number of hydrogen-bond acceptors (Lipinski definition) is 2. The van der Waals surface area contributed by atoms with Crippen LogP contribution in [0.4, 0.5) is 0 Å². The summed E-state index contributed by atoms with van der Waals surface area (Å²) in [7, 11) is 0. The molecule has 0 heterocycles. The van der Waals surface area contributed by atoms with Gasteiger partial charge in [0.25, 0.3) is 0 Å². The van der Waals surface area contributed by atoms with Crippen LogP contribution in [0.5, 0.6) is 0 Å². The molecule has 0 saturated carbocycles. The minimum absolute atomic E-state index is 0.228. The molecule has 2 heteroatoms. The summed E-state index contributed by atoms with van der Waals surface area (Å²) in [6.07, 6.45) is 0.228. The fourth-order valence-electron chi connectivity index (χ4n) is 0.994. The van der Waals surface area contributed by atoms with Gasteiger partial charge in [-0.05, 0) is 31.5 Å². The standard InChI is InChI=1S/C11H13NO/c1-9(2)13-8-11-5-3-4-10(6-11)7-12/h3-6,9H,8H2,1-2H3. The summed E-state index contributed by atoms with van der Waals surface area (Å²) in [6.45, 7) is 4.56. The third-order valence-corrected chi connectivity index (χ3v) is 1.64. The van der Waals surface area contributed by atoms with E-state index in [1.165, 1.54) is 0 Å². The summed E-state index contributed by atoms with van der Waals surface area (Å²) in [6, 6.07) is 9.57. The van der Waals surface area contributed by atoms with Crippen molar-refractivity contribution in [3.63, 3.8) is 0 Å². The highest BCUT2D eigenvalue weighted by atomic mass is 16.5. The molecule has 2 nitrogen and oxygen atoms in total. The van der Waals surface area contributed by atoms with Crippen molar-refractivity contribution in [2.24, 2.45) is 0 Å². The number of benzene rings is 1. The quantitative estimate of drug-likeness (QED) is 0.707. The van der Waals surface area contributed by atoms with Gasteiger partial charge < -0.3 is 4.74 Å². The highest BCUT2D eigenvalue weighted by Gasteiger charge is 1.97. The normalized spacial score (nSPS) is 10.0. The van der Waals surface area contributed by atoms with Crippen molar-refractivity contribution >= 4 is 0 Å². The van der Waals surface area contributed by atoms with Crippen molar-refractivity contribution in [3.05, 3.63) is 35.4 Å². The maximum absolute atomic E-state index is 8.65. The van der Waals surface area contributed by atoms with E-state index < -0.39 is 0 Å². The number of rotatable bonds is 3. The minimum Gasteiger partial charge on any atom is -0.374 e. The molecule has 0 N–H and O–H groups in total. The lowest BCUT2D eigenvalue weighted by Crippen LogP contribution is -2.02. The molecule has 0 aliphatic rings. The Hall–Kier alpha value is -1.33. The smallest absolute Gasteiger partial charge is 0.0991 e. The van der Waals surface area contributed by atoms with Crippen LogP contribution in [0.25, 0.3) is 0 Å². The molecule has 0 radical (unpaired) electrons. The molecule has 13 heavy (non-hydrogen) atoms. The first-order valence-electron chi connectivity index (χ1n) is 4.33. The molecule has 1 aromatic carbocycles. The molecule has 0 unspecified atom stereocenters. The van der Waals surface area contributed by atoms with Crippen molar-refractivity contribution in [1.29, 1.82) is 5.26 Å². The van der Waals surface area contributed by atoms with Gasteiger partial charge in [-0.3, -0.25) is 0 Å². The van der Waals surface area contributed by atoms with Gasteiger partial charge in [-0.25, -0.2) is 0 Å². The van der Waals surface area contributed by atoms with Crippen LogP contribution >= 0.6 is 0 Å². The first-order valence-corrected chi connectivity index (χ1v) is 4.33. The SMILES string of the molecule is CC(C)OCc1cccc(C#N)c1. The second kappa shape index (κ2) is 4.64. The Morgan fingerprint density at radius 3 is 2.85 bits per heavy atom. The summed E-state index contributed by atoms with van der Waals surface area (Å²) >= 11 is 0. The zero-order valence-electron chi connectivity index (χ0n) is 7.95. The molecular formula is C11H13NO. The average molecular weight is 175 g/mol. The Kier molecular flexibility index (Phi) is 3.48. The lowest BCUT2D eigenvalue weighted by molar-refractivity contribution is 0.0657. The van der Waals surface area contributed by atoms with Crippen molar-refractivity contribution in [2.75, 3.05) is 0 Å². The van der Waals surface area contributed by atoms with Crippen LogP contribution in [0.1, 0.15) is 25.0 Å². The molecule has 1 aromatic rings. The predicted octanol–water partition coefficient (Wildman–Crippen LogP) is 2.48. The Labute approximate surface area is 78.8 Å². The maximum atomic E-state index is 8.65. The van der Waals surface area contributed by atoms with E-state index in [9.17, 15) is 0 Å². The summed E-state index contributed by atoms with van der Waals surface area (Å²) in [4.78, 5) is 0. The molecular weight excluding hydrogens is 162 g/mol. The van der Waals surface area contributed by atoms with Crippen LogP contribution in [0.15, 0.2) is 24.3 Å². The molecule has 0 amide bonds. The van der Waals surface area contributed by atoms with Gasteiger partial charge in [0.2, 0.25) is 0 Å².